The average molecular weight is 300 g/mol. The van der Waals surface area contributed by atoms with Crippen molar-refractivity contribution < 1.29 is 0 Å². The Labute approximate surface area is 130 Å². The second kappa shape index (κ2) is 6.30. The van der Waals surface area contributed by atoms with Crippen LogP contribution in [0.4, 0.5) is 0 Å². The molecule has 0 aliphatic rings. The van der Waals surface area contributed by atoms with Crippen LogP contribution in [-0.4, -0.2) is 23.9 Å². The molecule has 1 nitrogen and oxygen atoms in total. The molecule has 2 heteroatoms. The van der Waals surface area contributed by atoms with Gasteiger partial charge in [-0.2, -0.15) is 4.67 Å². The van der Waals surface area contributed by atoms with Gasteiger partial charge in [0.05, 0.1) is 6.66 Å². The summed E-state index contributed by atoms with van der Waals surface area (Å²) in [6.07, 6.45) is 1.12. The van der Waals surface area contributed by atoms with E-state index in [0.717, 1.165) is 6.16 Å². The number of hydrogen-bond acceptors (Lipinski definition) is 1. The largest absolute Gasteiger partial charge is 0.173 e. The zero-order valence-corrected chi connectivity index (χ0v) is 14.8. The van der Waals surface area contributed by atoms with Crippen molar-refractivity contribution in [3.05, 3.63) is 66.2 Å². The summed E-state index contributed by atoms with van der Waals surface area (Å²) in [6.45, 7) is 9.37. The second-order valence-corrected chi connectivity index (χ2v) is 10.5. The van der Waals surface area contributed by atoms with Crippen molar-refractivity contribution in [2.45, 2.75) is 32.5 Å². The van der Waals surface area contributed by atoms with Gasteiger partial charge in [-0.1, -0.05) is 48.5 Å². The van der Waals surface area contributed by atoms with Gasteiger partial charge in [0.25, 0.3) is 0 Å². The van der Waals surface area contributed by atoms with E-state index >= 15 is 0 Å². The molecule has 0 saturated heterocycles. The van der Waals surface area contributed by atoms with E-state index in [1.807, 2.05) is 0 Å². The van der Waals surface area contributed by atoms with Crippen LogP contribution in [0.3, 0.4) is 0 Å². The lowest BCUT2D eigenvalue weighted by Gasteiger charge is -2.40. The second-order valence-electron chi connectivity index (χ2n) is 6.81. The number of benzene rings is 2. The molecule has 0 aromatic heterocycles. The first kappa shape index (κ1) is 16.2. The van der Waals surface area contributed by atoms with Gasteiger partial charge in [0.1, 0.15) is 18.9 Å². The highest BCUT2D eigenvalue weighted by molar-refractivity contribution is 7.79. The normalized spacial score (nSPS) is 15.0. The van der Waals surface area contributed by atoms with Crippen molar-refractivity contribution in [2.24, 2.45) is 0 Å². The summed E-state index contributed by atoms with van der Waals surface area (Å²) in [7, 11) is 0.859. The van der Waals surface area contributed by atoms with E-state index in [2.05, 4.69) is 99.8 Å². The standard InChI is InChI=1S/C19H27NP/c1-19(2,3)20(4)21(5,18-14-10-7-11-15-18)16-17-12-8-6-9-13-17/h6-15H,16H2,1-5H3/q+1. The minimum Gasteiger partial charge on any atom is -0.173 e. The fourth-order valence-electron chi connectivity index (χ4n) is 2.72. The topological polar surface area (TPSA) is 3.24 Å². The van der Waals surface area contributed by atoms with E-state index in [-0.39, 0.29) is 5.54 Å². The molecule has 2 aromatic carbocycles. The molecule has 0 N–H and O–H groups in total. The van der Waals surface area contributed by atoms with E-state index in [1.165, 1.54) is 10.9 Å². The predicted octanol–water partition coefficient (Wildman–Crippen LogP) is 4.80. The van der Waals surface area contributed by atoms with Gasteiger partial charge in [-0.3, -0.25) is 0 Å². The molecule has 0 aliphatic heterocycles. The first-order valence-corrected chi connectivity index (χ1v) is 9.91. The van der Waals surface area contributed by atoms with E-state index in [9.17, 15) is 0 Å². The predicted molar refractivity (Wildman–Crippen MR) is 96.6 cm³/mol. The fraction of sp³-hybridized carbons (Fsp3) is 0.368. The van der Waals surface area contributed by atoms with Crippen LogP contribution in [0.5, 0.6) is 0 Å². The molecule has 112 valence electrons. The van der Waals surface area contributed by atoms with Crippen molar-refractivity contribution in [3.8, 4) is 0 Å². The maximum absolute atomic E-state index is 2.60. The SMILES string of the molecule is CN(C(C)(C)C)[P+](C)(Cc1ccccc1)c1ccccc1. The van der Waals surface area contributed by atoms with Crippen molar-refractivity contribution in [1.29, 1.82) is 0 Å². The monoisotopic (exact) mass is 300 g/mol. The molecular weight excluding hydrogens is 273 g/mol. The molecule has 0 heterocycles. The molecular formula is C19H27NP+. The van der Waals surface area contributed by atoms with E-state index < -0.39 is 7.41 Å². The maximum atomic E-state index is 2.60. The van der Waals surface area contributed by atoms with E-state index in [1.54, 1.807) is 0 Å². The van der Waals surface area contributed by atoms with Crippen LogP contribution in [-0.2, 0) is 6.16 Å². The van der Waals surface area contributed by atoms with Crippen molar-refractivity contribution in [1.82, 2.24) is 4.67 Å². The summed E-state index contributed by atoms with van der Waals surface area (Å²) in [5, 5.41) is 1.48. The molecule has 2 rings (SSSR count). The lowest BCUT2D eigenvalue weighted by atomic mass is 10.1. The van der Waals surface area contributed by atoms with Crippen molar-refractivity contribution in [3.63, 3.8) is 0 Å². The van der Waals surface area contributed by atoms with Crippen LogP contribution in [0.1, 0.15) is 26.3 Å². The van der Waals surface area contributed by atoms with Crippen LogP contribution in [0.2, 0.25) is 0 Å². The van der Waals surface area contributed by atoms with Gasteiger partial charge in [0.15, 0.2) is 0 Å². The fourth-order valence-corrected chi connectivity index (χ4v) is 6.52. The third-order valence-electron chi connectivity index (χ3n) is 4.28. The summed E-state index contributed by atoms with van der Waals surface area (Å²) in [5.74, 6) is 0. The first-order valence-electron chi connectivity index (χ1n) is 7.53. The summed E-state index contributed by atoms with van der Waals surface area (Å²) < 4.78 is 2.60. The van der Waals surface area contributed by atoms with E-state index in [0.29, 0.717) is 0 Å². The molecule has 2 aromatic rings. The lowest BCUT2D eigenvalue weighted by molar-refractivity contribution is 0.305. The Balaban J connectivity index is 2.44. The Bertz CT molecular complexity index is 559. The maximum Gasteiger partial charge on any atom is 0.117 e. The van der Waals surface area contributed by atoms with Crippen LogP contribution in [0.15, 0.2) is 60.7 Å². The van der Waals surface area contributed by atoms with Gasteiger partial charge in [-0.15, -0.1) is 0 Å². The molecule has 1 atom stereocenters. The summed E-state index contributed by atoms with van der Waals surface area (Å²) >= 11 is 0. The van der Waals surface area contributed by atoms with Crippen LogP contribution in [0, 0.1) is 0 Å². The molecule has 0 bridgehead atoms. The third-order valence-corrected chi connectivity index (χ3v) is 8.59. The summed E-state index contributed by atoms with van der Waals surface area (Å²) in [6, 6.07) is 21.9. The average Bonchev–Trinajstić information content (AvgIpc) is 2.47. The quantitative estimate of drug-likeness (QED) is 0.733. The van der Waals surface area contributed by atoms with Crippen LogP contribution in [0.25, 0.3) is 0 Å². The van der Waals surface area contributed by atoms with Gasteiger partial charge in [0, 0.05) is 12.6 Å². The Kier molecular flexibility index (Phi) is 4.86. The Hall–Kier alpha value is -1.17. The van der Waals surface area contributed by atoms with Gasteiger partial charge in [-0.05, 0) is 38.5 Å². The number of nitrogens with zero attached hydrogens (tertiary/aromatic N) is 1. The van der Waals surface area contributed by atoms with Gasteiger partial charge >= 0.3 is 0 Å². The highest BCUT2D eigenvalue weighted by Gasteiger charge is 2.44. The Morgan fingerprint density at radius 1 is 0.857 bits per heavy atom. The van der Waals surface area contributed by atoms with Gasteiger partial charge in [0.2, 0.25) is 0 Å². The zero-order valence-electron chi connectivity index (χ0n) is 13.9. The zero-order chi connectivity index (χ0) is 15.5. The summed E-state index contributed by atoms with van der Waals surface area (Å²) in [5.41, 5.74) is 1.58. The minimum absolute atomic E-state index is 0.160. The van der Waals surface area contributed by atoms with Gasteiger partial charge < -0.3 is 0 Å². The number of hydrogen-bond donors (Lipinski definition) is 0. The highest BCUT2D eigenvalue weighted by Crippen LogP contribution is 2.61. The summed E-state index contributed by atoms with van der Waals surface area (Å²) in [4.78, 5) is 0. The molecule has 21 heavy (non-hydrogen) atoms. The van der Waals surface area contributed by atoms with Crippen LogP contribution < -0.4 is 5.30 Å². The minimum atomic E-state index is -1.42. The molecule has 0 amide bonds. The van der Waals surface area contributed by atoms with Crippen molar-refractivity contribution in [2.75, 3.05) is 13.7 Å². The molecule has 0 fully saturated rings. The van der Waals surface area contributed by atoms with Crippen LogP contribution >= 0.6 is 7.41 Å². The molecule has 0 saturated carbocycles. The molecule has 0 radical (unpaired) electrons. The third kappa shape index (κ3) is 3.73. The lowest BCUT2D eigenvalue weighted by Crippen LogP contribution is -2.41. The number of rotatable bonds is 4. The molecule has 1 unspecified atom stereocenters. The Morgan fingerprint density at radius 3 is 1.81 bits per heavy atom. The highest BCUT2D eigenvalue weighted by atomic mass is 31.2. The van der Waals surface area contributed by atoms with Crippen molar-refractivity contribution >= 4 is 12.7 Å². The first-order chi connectivity index (χ1) is 9.84. The smallest absolute Gasteiger partial charge is 0.117 e. The Morgan fingerprint density at radius 2 is 1.33 bits per heavy atom. The molecule has 0 spiro atoms. The van der Waals surface area contributed by atoms with Gasteiger partial charge in [-0.25, -0.2) is 0 Å². The molecule has 0 aliphatic carbocycles. The van der Waals surface area contributed by atoms with E-state index in [4.69, 9.17) is 0 Å².